The summed E-state index contributed by atoms with van der Waals surface area (Å²) in [5.74, 6) is 1.65. The molecule has 1 saturated heterocycles. The third kappa shape index (κ3) is 8.54. The highest BCUT2D eigenvalue weighted by atomic mass is 127. The summed E-state index contributed by atoms with van der Waals surface area (Å²) >= 11 is 0. The molecule has 0 saturated carbocycles. The van der Waals surface area contributed by atoms with Crippen LogP contribution in [0.1, 0.15) is 18.9 Å². The third-order valence-corrected chi connectivity index (χ3v) is 4.27. The molecule has 2 rings (SSSR count). The summed E-state index contributed by atoms with van der Waals surface area (Å²) in [6, 6.07) is 7.78. The highest BCUT2D eigenvalue weighted by Gasteiger charge is 2.34. The van der Waals surface area contributed by atoms with Crippen molar-refractivity contribution in [1.82, 2.24) is 15.5 Å². The second-order valence-corrected chi connectivity index (χ2v) is 6.35. The van der Waals surface area contributed by atoms with Gasteiger partial charge in [0.25, 0.3) is 0 Å². The molecule has 1 aromatic carbocycles. The van der Waals surface area contributed by atoms with Crippen LogP contribution < -0.4 is 15.4 Å². The van der Waals surface area contributed by atoms with Crippen LogP contribution in [0.3, 0.4) is 0 Å². The van der Waals surface area contributed by atoms with E-state index in [1.54, 1.807) is 7.05 Å². The predicted molar refractivity (Wildman–Crippen MR) is 112 cm³/mol. The molecule has 5 nitrogen and oxygen atoms in total. The van der Waals surface area contributed by atoms with E-state index in [1.807, 2.05) is 31.2 Å². The first-order valence-corrected chi connectivity index (χ1v) is 8.85. The van der Waals surface area contributed by atoms with Gasteiger partial charge in [0.05, 0.1) is 13.2 Å². The van der Waals surface area contributed by atoms with Gasteiger partial charge < -0.3 is 15.4 Å². The molecule has 27 heavy (non-hydrogen) atoms. The van der Waals surface area contributed by atoms with Crippen LogP contribution in [0.25, 0.3) is 0 Å². The van der Waals surface area contributed by atoms with Crippen molar-refractivity contribution in [3.8, 4) is 5.75 Å². The molecular formula is C18H28F3IN4O. The first kappa shape index (κ1) is 23.8. The van der Waals surface area contributed by atoms with Crippen LogP contribution >= 0.6 is 24.0 Å². The molecule has 1 aliphatic rings. The van der Waals surface area contributed by atoms with Gasteiger partial charge in [-0.3, -0.25) is 9.89 Å². The largest absolute Gasteiger partial charge is 0.494 e. The molecule has 0 radical (unpaired) electrons. The molecule has 2 N–H and O–H groups in total. The average Bonchev–Trinajstić information content (AvgIpc) is 3.02. The van der Waals surface area contributed by atoms with E-state index >= 15 is 0 Å². The maximum absolute atomic E-state index is 12.5. The molecule has 1 atom stereocenters. The van der Waals surface area contributed by atoms with Crippen LogP contribution in [0.4, 0.5) is 13.2 Å². The fourth-order valence-corrected chi connectivity index (χ4v) is 3.06. The van der Waals surface area contributed by atoms with E-state index in [0.717, 1.165) is 17.7 Å². The zero-order valence-corrected chi connectivity index (χ0v) is 18.0. The van der Waals surface area contributed by atoms with Crippen LogP contribution in [0, 0.1) is 5.92 Å². The summed E-state index contributed by atoms with van der Waals surface area (Å²) in [6.07, 6.45) is -3.37. The second kappa shape index (κ2) is 11.6. The van der Waals surface area contributed by atoms with Crippen molar-refractivity contribution in [2.75, 3.05) is 39.8 Å². The van der Waals surface area contributed by atoms with Gasteiger partial charge in [-0.05, 0) is 31.9 Å². The number of nitrogens with zero attached hydrogens (tertiary/aromatic N) is 2. The fourth-order valence-electron chi connectivity index (χ4n) is 3.06. The number of ether oxygens (including phenoxy) is 1. The highest BCUT2D eigenvalue weighted by molar-refractivity contribution is 14.0. The van der Waals surface area contributed by atoms with E-state index in [2.05, 4.69) is 15.6 Å². The number of aliphatic imine (C=N–C) groups is 1. The maximum atomic E-state index is 12.5. The maximum Gasteiger partial charge on any atom is 0.401 e. The molecule has 0 aromatic heterocycles. The van der Waals surface area contributed by atoms with E-state index in [4.69, 9.17) is 4.74 Å². The van der Waals surface area contributed by atoms with Crippen LogP contribution in [0.5, 0.6) is 5.75 Å². The Balaban J connectivity index is 0.00000364. The molecule has 0 spiro atoms. The highest BCUT2D eigenvalue weighted by Crippen LogP contribution is 2.22. The smallest absolute Gasteiger partial charge is 0.401 e. The van der Waals surface area contributed by atoms with Gasteiger partial charge in [0.2, 0.25) is 0 Å². The molecule has 1 fully saturated rings. The Hall–Kier alpha value is -1.23. The quantitative estimate of drug-likeness (QED) is 0.343. The lowest BCUT2D eigenvalue weighted by Gasteiger charge is -2.19. The van der Waals surface area contributed by atoms with Crippen LogP contribution in [-0.4, -0.2) is 56.9 Å². The Morgan fingerprint density at radius 3 is 2.70 bits per heavy atom. The molecule has 1 aromatic rings. The Morgan fingerprint density at radius 1 is 1.30 bits per heavy atom. The number of hydrogen-bond donors (Lipinski definition) is 2. The minimum Gasteiger partial charge on any atom is -0.494 e. The van der Waals surface area contributed by atoms with Crippen molar-refractivity contribution in [3.05, 3.63) is 29.8 Å². The van der Waals surface area contributed by atoms with Crippen molar-refractivity contribution in [3.63, 3.8) is 0 Å². The number of para-hydroxylation sites is 1. The number of alkyl halides is 3. The lowest BCUT2D eigenvalue weighted by atomic mass is 10.1. The van der Waals surface area contributed by atoms with E-state index < -0.39 is 12.7 Å². The number of rotatable bonds is 7. The van der Waals surface area contributed by atoms with E-state index in [1.165, 1.54) is 4.90 Å². The van der Waals surface area contributed by atoms with Gasteiger partial charge in [0, 0.05) is 32.2 Å². The molecule has 0 amide bonds. The van der Waals surface area contributed by atoms with Crippen molar-refractivity contribution in [2.24, 2.45) is 10.9 Å². The number of likely N-dealkylation sites (tertiary alicyclic amines) is 1. The van der Waals surface area contributed by atoms with Gasteiger partial charge in [0.1, 0.15) is 5.75 Å². The summed E-state index contributed by atoms with van der Waals surface area (Å²) < 4.78 is 43.0. The molecule has 9 heteroatoms. The van der Waals surface area contributed by atoms with Crippen molar-refractivity contribution >= 4 is 29.9 Å². The number of guanidine groups is 1. The van der Waals surface area contributed by atoms with Crippen molar-refractivity contribution in [1.29, 1.82) is 0 Å². The number of halogens is 4. The van der Waals surface area contributed by atoms with Gasteiger partial charge in [-0.25, -0.2) is 0 Å². The minimum atomic E-state index is -4.13. The standard InChI is InChI=1S/C18H27F3N4O.HI/c1-3-26-16-7-5-4-6-15(16)11-24-17(22-2)23-10-14-8-9-25(12-14)13-18(19,20)21;/h4-7,14H,3,8-13H2,1-2H3,(H2,22,23,24);1H. The molecule has 0 aliphatic carbocycles. The van der Waals surface area contributed by atoms with Gasteiger partial charge in [-0.1, -0.05) is 18.2 Å². The lowest BCUT2D eigenvalue weighted by molar-refractivity contribution is -0.143. The molecule has 1 unspecified atom stereocenters. The summed E-state index contributed by atoms with van der Waals surface area (Å²) in [5.41, 5.74) is 1.02. The Kier molecular flexibility index (Phi) is 10.2. The zero-order chi connectivity index (χ0) is 19.0. The Morgan fingerprint density at radius 2 is 2.04 bits per heavy atom. The normalized spacial score (nSPS) is 18.1. The van der Waals surface area contributed by atoms with Crippen molar-refractivity contribution < 1.29 is 17.9 Å². The second-order valence-electron chi connectivity index (χ2n) is 6.35. The topological polar surface area (TPSA) is 48.9 Å². The monoisotopic (exact) mass is 500 g/mol. The summed E-state index contributed by atoms with van der Waals surface area (Å²) in [7, 11) is 1.67. The van der Waals surface area contributed by atoms with E-state index in [9.17, 15) is 13.2 Å². The van der Waals surface area contributed by atoms with E-state index in [-0.39, 0.29) is 29.9 Å². The minimum absolute atomic E-state index is 0. The van der Waals surface area contributed by atoms with Gasteiger partial charge in [0.15, 0.2) is 5.96 Å². The summed E-state index contributed by atoms with van der Waals surface area (Å²) in [4.78, 5) is 5.64. The van der Waals surface area contributed by atoms with Gasteiger partial charge in [-0.2, -0.15) is 13.2 Å². The van der Waals surface area contributed by atoms with Crippen LogP contribution in [0.2, 0.25) is 0 Å². The molecule has 1 aliphatic heterocycles. The number of hydrogen-bond acceptors (Lipinski definition) is 3. The molecule has 0 bridgehead atoms. The zero-order valence-electron chi connectivity index (χ0n) is 15.7. The Labute approximate surface area is 175 Å². The molecule has 1 heterocycles. The summed E-state index contributed by atoms with van der Waals surface area (Å²) in [5, 5.41) is 6.43. The van der Waals surface area contributed by atoms with Crippen LogP contribution in [-0.2, 0) is 6.54 Å². The lowest BCUT2D eigenvalue weighted by Crippen LogP contribution is -2.40. The first-order valence-electron chi connectivity index (χ1n) is 8.85. The van der Waals surface area contributed by atoms with Gasteiger partial charge >= 0.3 is 6.18 Å². The molecule has 154 valence electrons. The molecular weight excluding hydrogens is 472 g/mol. The van der Waals surface area contributed by atoms with Crippen LogP contribution in [0.15, 0.2) is 29.3 Å². The van der Waals surface area contributed by atoms with Crippen molar-refractivity contribution in [2.45, 2.75) is 26.1 Å². The fraction of sp³-hybridized carbons (Fsp3) is 0.611. The Bertz CT molecular complexity index is 598. The number of benzene rings is 1. The average molecular weight is 500 g/mol. The third-order valence-electron chi connectivity index (χ3n) is 4.27. The SMILES string of the molecule is CCOc1ccccc1CNC(=NC)NCC1CCN(CC(F)(F)F)C1.I. The summed E-state index contributed by atoms with van der Waals surface area (Å²) in [6.45, 7) is 3.80. The van der Waals surface area contributed by atoms with Gasteiger partial charge in [-0.15, -0.1) is 24.0 Å². The first-order chi connectivity index (χ1) is 12.4. The van der Waals surface area contributed by atoms with E-state index in [0.29, 0.717) is 38.7 Å². The predicted octanol–water partition coefficient (Wildman–Crippen LogP) is 3.25. The number of nitrogens with one attached hydrogen (secondary N) is 2.